The molecule has 0 aliphatic heterocycles. The molecule has 6 aromatic rings. The normalized spacial score (nSPS) is 12.8. The van der Waals surface area contributed by atoms with Crippen LogP contribution in [0.1, 0.15) is 25.2 Å². The molecular weight excluding hydrogens is 533 g/mol. The van der Waals surface area contributed by atoms with E-state index in [0.717, 1.165) is 20.4 Å². The van der Waals surface area contributed by atoms with Crippen LogP contribution < -0.4 is 4.90 Å². The quantitative estimate of drug-likeness (QED) is 0.126. The summed E-state index contributed by atoms with van der Waals surface area (Å²) in [5, 5.41) is 4.72. The van der Waals surface area contributed by atoms with Gasteiger partial charge in [0.2, 0.25) is 0 Å². The van der Waals surface area contributed by atoms with Crippen molar-refractivity contribution in [3.05, 3.63) is 142 Å². The predicted molar refractivity (Wildman–Crippen MR) is 156 cm³/mol. The standard InChI is InChI=1S/C34H21NO2Se/c36-33-28-13-5-6-14-29(28)34(37)30(33)21-26-18-19-32(38-26)35(25-17-16-22-8-1-2-10-24(22)20-25)31-15-7-11-23-9-3-4-12-27(23)31/h1-21H. The van der Waals surface area contributed by atoms with Crippen molar-refractivity contribution in [2.24, 2.45) is 0 Å². The van der Waals surface area contributed by atoms with Crippen molar-refractivity contribution in [2.45, 2.75) is 0 Å². The SMILES string of the molecule is O=C1C(=Cc2ccc(N(c3ccc4ccccc4c3)c3cccc4ccccc34)[se]2)C(=O)c2ccccc21. The second kappa shape index (κ2) is 9.11. The van der Waals surface area contributed by atoms with E-state index >= 15 is 0 Å². The molecule has 0 unspecified atom stereocenters. The predicted octanol–water partition coefficient (Wildman–Crippen LogP) is 7.98. The molecule has 5 aromatic carbocycles. The van der Waals surface area contributed by atoms with E-state index in [2.05, 4.69) is 95.9 Å². The Kier molecular flexibility index (Phi) is 5.44. The van der Waals surface area contributed by atoms with E-state index < -0.39 is 0 Å². The monoisotopic (exact) mass is 555 g/mol. The van der Waals surface area contributed by atoms with Crippen molar-refractivity contribution in [2.75, 3.05) is 4.90 Å². The van der Waals surface area contributed by atoms with E-state index in [9.17, 15) is 9.59 Å². The number of benzene rings is 5. The molecule has 0 atom stereocenters. The summed E-state index contributed by atoms with van der Waals surface area (Å²) >= 11 is -0.106. The van der Waals surface area contributed by atoms with E-state index in [4.69, 9.17) is 0 Å². The number of ketones is 2. The maximum absolute atomic E-state index is 13.0. The molecule has 0 amide bonds. The van der Waals surface area contributed by atoms with Crippen molar-refractivity contribution in [3.8, 4) is 0 Å². The Morgan fingerprint density at radius 2 is 1.24 bits per heavy atom. The molecule has 1 aliphatic carbocycles. The Morgan fingerprint density at radius 3 is 2.03 bits per heavy atom. The van der Waals surface area contributed by atoms with Gasteiger partial charge < -0.3 is 0 Å². The van der Waals surface area contributed by atoms with Gasteiger partial charge in [-0.1, -0.05) is 0 Å². The number of fused-ring (bicyclic) bond motifs is 3. The second-order valence-electron chi connectivity index (χ2n) is 9.30. The first-order valence-electron chi connectivity index (χ1n) is 12.4. The molecule has 0 radical (unpaired) electrons. The molecule has 180 valence electrons. The number of hydrogen-bond acceptors (Lipinski definition) is 3. The number of rotatable bonds is 4. The first kappa shape index (κ1) is 22.7. The Morgan fingerprint density at radius 1 is 0.579 bits per heavy atom. The average molecular weight is 555 g/mol. The van der Waals surface area contributed by atoms with Crippen molar-refractivity contribution in [3.63, 3.8) is 0 Å². The molecule has 0 fully saturated rings. The third-order valence-electron chi connectivity index (χ3n) is 7.02. The summed E-state index contributed by atoms with van der Waals surface area (Å²) in [4.78, 5) is 28.3. The minimum atomic E-state index is -0.184. The van der Waals surface area contributed by atoms with Gasteiger partial charge >= 0.3 is 227 Å². The summed E-state index contributed by atoms with van der Waals surface area (Å²) in [5.41, 5.74) is 3.44. The molecule has 0 saturated heterocycles. The van der Waals surface area contributed by atoms with Crippen LogP contribution in [0.4, 0.5) is 15.9 Å². The first-order valence-corrected chi connectivity index (χ1v) is 14.2. The molecule has 1 aromatic heterocycles. The summed E-state index contributed by atoms with van der Waals surface area (Å²) in [6.45, 7) is 0. The van der Waals surface area contributed by atoms with Crippen LogP contribution in [-0.2, 0) is 0 Å². The molecule has 3 nitrogen and oxygen atoms in total. The molecule has 1 aliphatic rings. The molecular formula is C34H21NO2Se. The van der Waals surface area contributed by atoms with Crippen LogP contribution in [0.25, 0.3) is 27.6 Å². The van der Waals surface area contributed by atoms with Crippen molar-refractivity contribution in [1.29, 1.82) is 0 Å². The molecule has 0 N–H and O–H groups in total. The summed E-state index contributed by atoms with van der Waals surface area (Å²) in [6, 6.07) is 41.0. The number of carbonyl (C=O) groups excluding carboxylic acids is 2. The topological polar surface area (TPSA) is 37.4 Å². The average Bonchev–Trinajstić information content (AvgIpc) is 3.52. The van der Waals surface area contributed by atoms with Crippen LogP contribution in [0, 0.1) is 0 Å². The Labute approximate surface area is 226 Å². The van der Waals surface area contributed by atoms with Crippen LogP contribution in [-0.4, -0.2) is 26.1 Å². The van der Waals surface area contributed by atoms with E-state index in [1.54, 1.807) is 30.3 Å². The number of allylic oxidation sites excluding steroid dienone is 1. The summed E-state index contributed by atoms with van der Waals surface area (Å²) in [7, 11) is 0. The molecule has 0 saturated carbocycles. The van der Waals surface area contributed by atoms with Gasteiger partial charge in [-0.2, -0.15) is 0 Å². The second-order valence-corrected chi connectivity index (χ2v) is 11.6. The molecule has 0 spiro atoms. The minimum absolute atomic E-state index is 0.106. The van der Waals surface area contributed by atoms with E-state index in [0.29, 0.717) is 11.1 Å². The fourth-order valence-electron chi connectivity index (χ4n) is 5.19. The van der Waals surface area contributed by atoms with Crippen LogP contribution in [0.15, 0.2) is 127 Å². The summed E-state index contributed by atoms with van der Waals surface area (Å²) < 4.78 is 2.15. The summed E-state index contributed by atoms with van der Waals surface area (Å²) in [5.74, 6) is -0.368. The van der Waals surface area contributed by atoms with Gasteiger partial charge in [-0.15, -0.1) is 0 Å². The maximum atomic E-state index is 13.0. The Bertz CT molecular complexity index is 1890. The van der Waals surface area contributed by atoms with Gasteiger partial charge in [0.15, 0.2) is 0 Å². The Balaban J connectivity index is 1.37. The third kappa shape index (κ3) is 3.74. The first-order chi connectivity index (χ1) is 18.7. The van der Waals surface area contributed by atoms with Gasteiger partial charge in [-0.05, 0) is 0 Å². The van der Waals surface area contributed by atoms with Gasteiger partial charge in [0.1, 0.15) is 0 Å². The molecule has 4 heteroatoms. The number of anilines is 3. The fourth-order valence-corrected chi connectivity index (χ4v) is 7.26. The van der Waals surface area contributed by atoms with Crippen LogP contribution in [0.5, 0.6) is 0 Å². The molecule has 7 rings (SSSR count). The zero-order valence-corrected chi connectivity index (χ0v) is 22.0. The zero-order chi connectivity index (χ0) is 25.6. The van der Waals surface area contributed by atoms with Crippen LogP contribution in [0.3, 0.4) is 0 Å². The van der Waals surface area contributed by atoms with Crippen molar-refractivity contribution in [1.82, 2.24) is 0 Å². The van der Waals surface area contributed by atoms with Crippen molar-refractivity contribution >= 4 is 69.6 Å². The zero-order valence-electron chi connectivity index (χ0n) is 20.3. The van der Waals surface area contributed by atoms with Gasteiger partial charge in [-0.3, -0.25) is 0 Å². The third-order valence-corrected chi connectivity index (χ3v) is 9.16. The number of Topliss-reactive ketones (excluding diaryl/α,β-unsaturated/α-hetero) is 2. The van der Waals surface area contributed by atoms with E-state index in [-0.39, 0.29) is 31.6 Å². The Hall–Kier alpha value is -4.50. The number of nitrogens with zero attached hydrogens (tertiary/aromatic N) is 1. The molecule has 0 bridgehead atoms. The van der Waals surface area contributed by atoms with Gasteiger partial charge in [0.25, 0.3) is 0 Å². The molecule has 1 heterocycles. The number of hydrogen-bond donors (Lipinski definition) is 0. The van der Waals surface area contributed by atoms with Crippen molar-refractivity contribution < 1.29 is 9.59 Å². The van der Waals surface area contributed by atoms with Gasteiger partial charge in [0, 0.05) is 0 Å². The van der Waals surface area contributed by atoms with E-state index in [1.807, 2.05) is 6.07 Å². The fraction of sp³-hybridized carbons (Fsp3) is 0. The number of carbonyl (C=O) groups is 2. The summed E-state index contributed by atoms with van der Waals surface area (Å²) in [6.07, 6.45) is 1.80. The van der Waals surface area contributed by atoms with Crippen LogP contribution >= 0.6 is 0 Å². The van der Waals surface area contributed by atoms with Gasteiger partial charge in [-0.25, -0.2) is 0 Å². The van der Waals surface area contributed by atoms with Gasteiger partial charge in [0.05, 0.1) is 0 Å². The molecule has 38 heavy (non-hydrogen) atoms. The van der Waals surface area contributed by atoms with E-state index in [1.165, 1.54) is 21.5 Å². The van der Waals surface area contributed by atoms with Crippen LogP contribution in [0.2, 0.25) is 0 Å².